The Balaban J connectivity index is 2.09. The number of hydrogen-bond acceptors (Lipinski definition) is 3. The lowest BCUT2D eigenvalue weighted by atomic mass is 10.0. The summed E-state index contributed by atoms with van der Waals surface area (Å²) < 4.78 is 0. The number of non-ortho nitro benzene ring substituents is 1. The molecular formula is C13H16ClN3O3. The smallest absolute Gasteiger partial charge is 0.322 e. The molecule has 2 rings (SSSR count). The van der Waals surface area contributed by atoms with Crippen LogP contribution in [0.25, 0.3) is 0 Å². The highest BCUT2D eigenvalue weighted by Crippen LogP contribution is 2.27. The van der Waals surface area contributed by atoms with E-state index in [1.165, 1.54) is 18.2 Å². The lowest BCUT2D eigenvalue weighted by Crippen LogP contribution is -2.44. The number of carbonyl (C=O) groups excluding carboxylic acids is 1. The van der Waals surface area contributed by atoms with Gasteiger partial charge in [0.1, 0.15) is 0 Å². The SMILES string of the molecule is CC1CCCCN1C(=O)Nc1ccc([N+](=O)[O-])cc1Cl. The molecule has 1 fully saturated rings. The van der Waals surface area contributed by atoms with Crippen molar-refractivity contribution >= 4 is 29.0 Å². The van der Waals surface area contributed by atoms with Crippen molar-refractivity contribution in [2.24, 2.45) is 0 Å². The third-order valence-electron chi connectivity index (χ3n) is 3.47. The zero-order chi connectivity index (χ0) is 14.7. The van der Waals surface area contributed by atoms with Crippen molar-refractivity contribution in [3.8, 4) is 0 Å². The number of carbonyl (C=O) groups is 1. The van der Waals surface area contributed by atoms with Gasteiger partial charge in [-0.25, -0.2) is 4.79 Å². The third kappa shape index (κ3) is 3.19. The van der Waals surface area contributed by atoms with Crippen molar-refractivity contribution in [2.45, 2.75) is 32.2 Å². The molecule has 6 nitrogen and oxygen atoms in total. The molecule has 1 heterocycles. The Labute approximate surface area is 121 Å². The van der Waals surface area contributed by atoms with Crippen molar-refractivity contribution in [1.82, 2.24) is 4.90 Å². The van der Waals surface area contributed by atoms with Gasteiger partial charge in [-0.15, -0.1) is 0 Å². The molecule has 0 radical (unpaired) electrons. The molecule has 1 unspecified atom stereocenters. The van der Waals surface area contributed by atoms with Crippen LogP contribution in [0.15, 0.2) is 18.2 Å². The molecule has 1 atom stereocenters. The molecule has 0 aliphatic carbocycles. The number of nitrogens with zero attached hydrogens (tertiary/aromatic N) is 2. The highest BCUT2D eigenvalue weighted by molar-refractivity contribution is 6.33. The zero-order valence-corrected chi connectivity index (χ0v) is 11.9. The summed E-state index contributed by atoms with van der Waals surface area (Å²) in [4.78, 5) is 24.0. The fraction of sp³-hybridized carbons (Fsp3) is 0.462. The van der Waals surface area contributed by atoms with Gasteiger partial charge in [-0.1, -0.05) is 11.6 Å². The first kappa shape index (κ1) is 14.6. The molecule has 0 spiro atoms. The van der Waals surface area contributed by atoms with Crippen LogP contribution in [0.4, 0.5) is 16.2 Å². The summed E-state index contributed by atoms with van der Waals surface area (Å²) in [5, 5.41) is 13.5. The predicted molar refractivity (Wildman–Crippen MR) is 77.1 cm³/mol. The molecule has 1 N–H and O–H groups in total. The van der Waals surface area contributed by atoms with Crippen LogP contribution in [-0.2, 0) is 0 Å². The average Bonchev–Trinajstić information content (AvgIpc) is 2.41. The molecule has 7 heteroatoms. The van der Waals surface area contributed by atoms with E-state index in [9.17, 15) is 14.9 Å². The van der Waals surface area contributed by atoms with Gasteiger partial charge in [0, 0.05) is 24.7 Å². The molecule has 0 aromatic heterocycles. The molecule has 20 heavy (non-hydrogen) atoms. The van der Waals surface area contributed by atoms with Gasteiger partial charge >= 0.3 is 6.03 Å². The molecule has 1 aromatic rings. The van der Waals surface area contributed by atoms with Crippen LogP contribution in [0.5, 0.6) is 0 Å². The first-order valence-electron chi connectivity index (χ1n) is 6.50. The van der Waals surface area contributed by atoms with Gasteiger partial charge in [-0.2, -0.15) is 0 Å². The maximum atomic E-state index is 12.2. The summed E-state index contributed by atoms with van der Waals surface area (Å²) in [6, 6.07) is 3.98. The Kier molecular flexibility index (Phi) is 4.44. The first-order chi connectivity index (χ1) is 9.49. The maximum absolute atomic E-state index is 12.2. The van der Waals surface area contributed by atoms with Gasteiger partial charge in [-0.3, -0.25) is 10.1 Å². The van der Waals surface area contributed by atoms with Crippen molar-refractivity contribution in [1.29, 1.82) is 0 Å². The van der Waals surface area contributed by atoms with E-state index in [1.54, 1.807) is 4.90 Å². The number of nitro groups is 1. The van der Waals surface area contributed by atoms with E-state index in [2.05, 4.69) is 5.32 Å². The second-order valence-corrected chi connectivity index (χ2v) is 5.30. The van der Waals surface area contributed by atoms with Crippen LogP contribution >= 0.6 is 11.6 Å². The predicted octanol–water partition coefficient (Wildman–Crippen LogP) is 3.65. The maximum Gasteiger partial charge on any atom is 0.322 e. The second-order valence-electron chi connectivity index (χ2n) is 4.89. The van der Waals surface area contributed by atoms with Crippen LogP contribution in [0, 0.1) is 10.1 Å². The number of halogens is 1. The van der Waals surface area contributed by atoms with Crippen molar-refractivity contribution in [3.63, 3.8) is 0 Å². The number of likely N-dealkylation sites (tertiary alicyclic amines) is 1. The Morgan fingerprint density at radius 1 is 1.50 bits per heavy atom. The Morgan fingerprint density at radius 2 is 2.25 bits per heavy atom. The largest absolute Gasteiger partial charge is 0.322 e. The summed E-state index contributed by atoms with van der Waals surface area (Å²) in [6.45, 7) is 2.73. The Bertz CT molecular complexity index is 536. The van der Waals surface area contributed by atoms with Crippen LogP contribution in [0.3, 0.4) is 0 Å². The highest BCUT2D eigenvalue weighted by Gasteiger charge is 2.23. The van der Waals surface area contributed by atoms with E-state index in [1.807, 2.05) is 6.92 Å². The van der Waals surface area contributed by atoms with Gasteiger partial charge in [-0.05, 0) is 32.3 Å². The third-order valence-corrected chi connectivity index (χ3v) is 3.78. The molecule has 2 amide bonds. The number of piperidine rings is 1. The van der Waals surface area contributed by atoms with E-state index in [4.69, 9.17) is 11.6 Å². The average molecular weight is 298 g/mol. The summed E-state index contributed by atoms with van der Waals surface area (Å²) >= 11 is 5.96. The molecule has 108 valence electrons. The summed E-state index contributed by atoms with van der Waals surface area (Å²) in [6.07, 6.45) is 3.11. The van der Waals surface area contributed by atoms with Crippen LogP contribution < -0.4 is 5.32 Å². The van der Waals surface area contributed by atoms with E-state index >= 15 is 0 Å². The normalized spacial score (nSPS) is 18.7. The van der Waals surface area contributed by atoms with E-state index < -0.39 is 4.92 Å². The van der Waals surface area contributed by atoms with Gasteiger partial charge in [0.15, 0.2) is 0 Å². The fourth-order valence-corrected chi connectivity index (χ4v) is 2.53. The summed E-state index contributed by atoms with van der Waals surface area (Å²) in [5.41, 5.74) is 0.291. The van der Waals surface area contributed by atoms with Gasteiger partial charge in [0.25, 0.3) is 5.69 Å². The second kappa shape index (κ2) is 6.09. The number of rotatable bonds is 2. The monoisotopic (exact) mass is 297 g/mol. The van der Waals surface area contributed by atoms with Crippen molar-refractivity contribution in [3.05, 3.63) is 33.3 Å². The van der Waals surface area contributed by atoms with Gasteiger partial charge in [0.2, 0.25) is 0 Å². The first-order valence-corrected chi connectivity index (χ1v) is 6.88. The van der Waals surface area contributed by atoms with Crippen LogP contribution in [-0.4, -0.2) is 28.4 Å². The quantitative estimate of drug-likeness (QED) is 0.668. The highest BCUT2D eigenvalue weighted by atomic mass is 35.5. The zero-order valence-electron chi connectivity index (χ0n) is 11.1. The number of amides is 2. The van der Waals surface area contributed by atoms with Crippen LogP contribution in [0.2, 0.25) is 5.02 Å². The van der Waals surface area contributed by atoms with Crippen molar-refractivity contribution < 1.29 is 9.72 Å². The van der Waals surface area contributed by atoms with Gasteiger partial charge < -0.3 is 10.2 Å². The topological polar surface area (TPSA) is 75.5 Å². The van der Waals surface area contributed by atoms with E-state index in [-0.39, 0.29) is 22.8 Å². The fourth-order valence-electron chi connectivity index (χ4n) is 2.31. The molecule has 1 aliphatic heterocycles. The molecule has 0 bridgehead atoms. The lowest BCUT2D eigenvalue weighted by Gasteiger charge is -2.33. The Hall–Kier alpha value is -1.82. The molecule has 1 saturated heterocycles. The number of nitrogens with one attached hydrogen (secondary N) is 1. The van der Waals surface area contributed by atoms with E-state index in [0.29, 0.717) is 5.69 Å². The Morgan fingerprint density at radius 3 is 2.85 bits per heavy atom. The number of hydrogen-bond donors (Lipinski definition) is 1. The summed E-state index contributed by atoms with van der Waals surface area (Å²) in [7, 11) is 0. The number of anilines is 1. The minimum absolute atomic E-state index is 0.0978. The van der Waals surface area contributed by atoms with Gasteiger partial charge in [0.05, 0.1) is 15.6 Å². The molecule has 1 aromatic carbocycles. The molecule has 0 saturated carbocycles. The molecular weight excluding hydrogens is 282 g/mol. The minimum Gasteiger partial charge on any atom is -0.322 e. The summed E-state index contributed by atoms with van der Waals surface area (Å²) in [5.74, 6) is 0. The lowest BCUT2D eigenvalue weighted by molar-refractivity contribution is -0.384. The number of benzene rings is 1. The minimum atomic E-state index is -0.524. The molecule has 1 aliphatic rings. The number of urea groups is 1. The number of nitro benzene ring substituents is 1. The van der Waals surface area contributed by atoms with Crippen LogP contribution in [0.1, 0.15) is 26.2 Å². The van der Waals surface area contributed by atoms with E-state index in [0.717, 1.165) is 25.8 Å². The standard InChI is InChI=1S/C13H16ClN3O3/c1-9-4-2-3-7-16(9)13(18)15-12-6-5-10(17(19)20)8-11(12)14/h5-6,8-9H,2-4,7H2,1H3,(H,15,18). The van der Waals surface area contributed by atoms with Crippen molar-refractivity contribution in [2.75, 3.05) is 11.9 Å².